The van der Waals surface area contributed by atoms with E-state index in [0.717, 1.165) is 31.9 Å². The maximum absolute atomic E-state index is 5.51. The molecule has 2 aromatic rings. The third-order valence-electron chi connectivity index (χ3n) is 2.92. The third-order valence-corrected chi connectivity index (χ3v) is 2.92. The van der Waals surface area contributed by atoms with Crippen molar-refractivity contribution in [3.63, 3.8) is 0 Å². The van der Waals surface area contributed by atoms with Crippen LogP contribution in [0.4, 0.5) is 0 Å². The lowest BCUT2D eigenvalue weighted by Crippen LogP contribution is -2.16. The fourth-order valence-corrected chi connectivity index (χ4v) is 1.81. The van der Waals surface area contributed by atoms with Crippen LogP contribution in [0.1, 0.15) is 23.3 Å². The normalized spacial score (nSPS) is 10.8. The SMILES string of the molecule is Cc1ccc(CNCCCOCc2ccco2)cc1. The summed E-state index contributed by atoms with van der Waals surface area (Å²) >= 11 is 0. The molecule has 19 heavy (non-hydrogen) atoms. The van der Waals surface area contributed by atoms with Crippen molar-refractivity contribution < 1.29 is 9.15 Å². The highest BCUT2D eigenvalue weighted by Crippen LogP contribution is 2.03. The molecule has 1 N–H and O–H groups in total. The van der Waals surface area contributed by atoms with Crippen molar-refractivity contribution in [2.24, 2.45) is 0 Å². The van der Waals surface area contributed by atoms with Crippen molar-refractivity contribution in [2.45, 2.75) is 26.5 Å². The Kier molecular flexibility index (Phi) is 5.66. The van der Waals surface area contributed by atoms with E-state index in [0.29, 0.717) is 6.61 Å². The Labute approximate surface area is 114 Å². The maximum Gasteiger partial charge on any atom is 0.129 e. The molecule has 3 nitrogen and oxygen atoms in total. The van der Waals surface area contributed by atoms with Gasteiger partial charge >= 0.3 is 0 Å². The first-order valence-corrected chi connectivity index (χ1v) is 6.71. The number of aryl methyl sites for hydroxylation is 1. The molecule has 0 amide bonds. The fraction of sp³-hybridized carbons (Fsp3) is 0.375. The summed E-state index contributed by atoms with van der Waals surface area (Å²) < 4.78 is 10.7. The van der Waals surface area contributed by atoms with Crippen molar-refractivity contribution in [3.05, 3.63) is 59.5 Å². The highest BCUT2D eigenvalue weighted by Gasteiger charge is 1.96. The fourth-order valence-electron chi connectivity index (χ4n) is 1.81. The zero-order chi connectivity index (χ0) is 13.3. The van der Waals surface area contributed by atoms with Gasteiger partial charge < -0.3 is 14.5 Å². The lowest BCUT2D eigenvalue weighted by Gasteiger charge is -2.06. The lowest BCUT2D eigenvalue weighted by atomic mass is 10.1. The summed E-state index contributed by atoms with van der Waals surface area (Å²) in [6.07, 6.45) is 2.67. The number of rotatable bonds is 8. The van der Waals surface area contributed by atoms with Crippen LogP contribution in [0.3, 0.4) is 0 Å². The lowest BCUT2D eigenvalue weighted by molar-refractivity contribution is 0.104. The average Bonchev–Trinajstić information content (AvgIpc) is 2.93. The highest BCUT2D eigenvalue weighted by molar-refractivity contribution is 5.20. The second-order valence-corrected chi connectivity index (χ2v) is 4.65. The first-order valence-electron chi connectivity index (χ1n) is 6.71. The predicted molar refractivity (Wildman–Crippen MR) is 75.9 cm³/mol. The van der Waals surface area contributed by atoms with Crippen LogP contribution in [0.25, 0.3) is 0 Å². The Balaban J connectivity index is 1.49. The van der Waals surface area contributed by atoms with Gasteiger partial charge in [-0.2, -0.15) is 0 Å². The van der Waals surface area contributed by atoms with Crippen molar-refractivity contribution >= 4 is 0 Å². The van der Waals surface area contributed by atoms with Crippen LogP contribution < -0.4 is 5.32 Å². The topological polar surface area (TPSA) is 34.4 Å². The summed E-state index contributed by atoms with van der Waals surface area (Å²) in [6, 6.07) is 12.4. The summed E-state index contributed by atoms with van der Waals surface area (Å²) in [5.41, 5.74) is 2.62. The zero-order valence-corrected chi connectivity index (χ0v) is 11.4. The van der Waals surface area contributed by atoms with Crippen molar-refractivity contribution in [1.82, 2.24) is 5.32 Å². The molecule has 2 rings (SSSR count). The number of benzene rings is 1. The Bertz CT molecular complexity index is 448. The van der Waals surface area contributed by atoms with Crippen LogP contribution in [0, 0.1) is 6.92 Å². The Morgan fingerprint density at radius 2 is 2.00 bits per heavy atom. The molecule has 1 aromatic carbocycles. The third kappa shape index (κ3) is 5.28. The smallest absolute Gasteiger partial charge is 0.129 e. The highest BCUT2D eigenvalue weighted by atomic mass is 16.5. The number of hydrogen-bond acceptors (Lipinski definition) is 3. The van der Waals surface area contributed by atoms with Crippen LogP contribution in [0.2, 0.25) is 0 Å². The molecule has 0 bridgehead atoms. The van der Waals surface area contributed by atoms with E-state index in [1.54, 1.807) is 6.26 Å². The van der Waals surface area contributed by atoms with E-state index in [2.05, 4.69) is 36.5 Å². The van der Waals surface area contributed by atoms with Gasteiger partial charge in [-0.3, -0.25) is 0 Å². The van der Waals surface area contributed by atoms with Gasteiger partial charge in [0, 0.05) is 13.2 Å². The largest absolute Gasteiger partial charge is 0.467 e. The van der Waals surface area contributed by atoms with Gasteiger partial charge in [0.1, 0.15) is 12.4 Å². The molecular formula is C16H21NO2. The van der Waals surface area contributed by atoms with E-state index in [1.165, 1.54) is 11.1 Å². The van der Waals surface area contributed by atoms with Crippen LogP contribution in [-0.4, -0.2) is 13.2 Å². The molecule has 0 saturated heterocycles. The number of nitrogens with one attached hydrogen (secondary N) is 1. The molecule has 0 saturated carbocycles. The van der Waals surface area contributed by atoms with Gasteiger partial charge in [0.15, 0.2) is 0 Å². The average molecular weight is 259 g/mol. The molecule has 0 radical (unpaired) electrons. The Hall–Kier alpha value is -1.58. The molecule has 0 aliphatic rings. The summed E-state index contributed by atoms with van der Waals surface area (Å²) in [7, 11) is 0. The molecule has 0 fully saturated rings. The summed E-state index contributed by atoms with van der Waals surface area (Å²) in [5, 5.41) is 3.41. The first kappa shape index (κ1) is 13.8. The number of hydrogen-bond donors (Lipinski definition) is 1. The van der Waals surface area contributed by atoms with Gasteiger partial charge in [-0.25, -0.2) is 0 Å². The number of furan rings is 1. The Morgan fingerprint density at radius 1 is 1.16 bits per heavy atom. The van der Waals surface area contributed by atoms with E-state index in [-0.39, 0.29) is 0 Å². The maximum atomic E-state index is 5.51. The van der Waals surface area contributed by atoms with Crippen molar-refractivity contribution in [1.29, 1.82) is 0 Å². The molecule has 1 aromatic heterocycles. The van der Waals surface area contributed by atoms with Gasteiger partial charge in [0.2, 0.25) is 0 Å². The van der Waals surface area contributed by atoms with Crippen LogP contribution in [0.5, 0.6) is 0 Å². The van der Waals surface area contributed by atoms with Crippen LogP contribution in [-0.2, 0) is 17.9 Å². The minimum absolute atomic E-state index is 0.560. The van der Waals surface area contributed by atoms with E-state index >= 15 is 0 Å². The van der Waals surface area contributed by atoms with Gasteiger partial charge in [-0.1, -0.05) is 29.8 Å². The van der Waals surface area contributed by atoms with Gasteiger partial charge in [0.25, 0.3) is 0 Å². The van der Waals surface area contributed by atoms with Gasteiger partial charge in [0.05, 0.1) is 6.26 Å². The zero-order valence-electron chi connectivity index (χ0n) is 11.4. The van der Waals surface area contributed by atoms with Gasteiger partial charge in [-0.05, 0) is 37.6 Å². The van der Waals surface area contributed by atoms with Crippen molar-refractivity contribution in [2.75, 3.05) is 13.2 Å². The molecule has 0 atom stereocenters. The predicted octanol–water partition coefficient (Wildman–Crippen LogP) is 3.28. The van der Waals surface area contributed by atoms with Crippen LogP contribution in [0.15, 0.2) is 47.1 Å². The molecule has 0 spiro atoms. The second kappa shape index (κ2) is 7.77. The standard InChI is InChI=1S/C16H21NO2/c1-14-5-7-15(8-6-14)12-17-9-3-10-18-13-16-4-2-11-19-16/h2,4-8,11,17H,3,9-10,12-13H2,1H3. The minimum atomic E-state index is 0.560. The summed E-state index contributed by atoms with van der Waals surface area (Å²) in [4.78, 5) is 0. The monoisotopic (exact) mass is 259 g/mol. The molecule has 0 unspecified atom stereocenters. The first-order chi connectivity index (χ1) is 9.34. The minimum Gasteiger partial charge on any atom is -0.467 e. The Morgan fingerprint density at radius 3 is 2.74 bits per heavy atom. The van der Waals surface area contributed by atoms with Crippen LogP contribution >= 0.6 is 0 Å². The molecular weight excluding hydrogens is 238 g/mol. The molecule has 102 valence electrons. The quantitative estimate of drug-likeness (QED) is 0.739. The molecule has 1 heterocycles. The molecule has 3 heteroatoms. The molecule has 0 aliphatic heterocycles. The van der Waals surface area contributed by atoms with E-state index in [1.807, 2.05) is 12.1 Å². The number of ether oxygens (including phenoxy) is 1. The second-order valence-electron chi connectivity index (χ2n) is 4.65. The summed E-state index contributed by atoms with van der Waals surface area (Å²) in [6.45, 7) is 5.30. The molecule has 0 aliphatic carbocycles. The van der Waals surface area contributed by atoms with Crippen molar-refractivity contribution in [3.8, 4) is 0 Å². The van der Waals surface area contributed by atoms with E-state index in [9.17, 15) is 0 Å². The van der Waals surface area contributed by atoms with Gasteiger partial charge in [-0.15, -0.1) is 0 Å². The van der Waals surface area contributed by atoms with E-state index in [4.69, 9.17) is 9.15 Å². The van der Waals surface area contributed by atoms with E-state index < -0.39 is 0 Å². The summed E-state index contributed by atoms with van der Waals surface area (Å²) in [5.74, 6) is 0.882.